The summed E-state index contributed by atoms with van der Waals surface area (Å²) in [5.41, 5.74) is 0. The molecular weight excluding hydrogens is 280 g/mol. The first kappa shape index (κ1) is 14.2. The molecule has 0 bridgehead atoms. The topological polar surface area (TPSA) is 64.2 Å². The fourth-order valence-corrected chi connectivity index (χ4v) is 4.92. The molecule has 0 radical (unpaired) electrons. The highest BCUT2D eigenvalue weighted by atomic mass is 32.2. The molecule has 0 aromatic carbocycles. The molecule has 20 heavy (non-hydrogen) atoms. The van der Waals surface area contributed by atoms with Gasteiger partial charge in [-0.25, -0.2) is 0 Å². The number of likely N-dealkylation sites (N-methyl/N-ethyl adjacent to an activating group) is 1. The molecule has 0 N–H and O–H groups in total. The lowest BCUT2D eigenvalue weighted by Crippen LogP contribution is -2.65. The molecule has 0 spiro atoms. The van der Waals surface area contributed by atoms with Crippen molar-refractivity contribution in [2.24, 2.45) is 0 Å². The fraction of sp³-hybridized carbons (Fsp3) is 0.917. The quantitative estimate of drug-likeness (QED) is 0.642. The molecule has 0 aliphatic carbocycles. The zero-order valence-electron chi connectivity index (χ0n) is 11.9. The molecule has 3 aliphatic heterocycles. The van der Waals surface area contributed by atoms with E-state index in [0.29, 0.717) is 32.7 Å². The van der Waals surface area contributed by atoms with Gasteiger partial charge in [0.25, 0.3) is 10.2 Å². The van der Waals surface area contributed by atoms with Gasteiger partial charge in [-0.05, 0) is 12.8 Å². The number of piperazine rings is 2. The minimum atomic E-state index is -3.38. The van der Waals surface area contributed by atoms with Crippen molar-refractivity contribution in [3.05, 3.63) is 0 Å². The molecule has 0 aromatic heterocycles. The Morgan fingerprint density at radius 2 is 1.60 bits per heavy atom. The van der Waals surface area contributed by atoms with Gasteiger partial charge in [0, 0.05) is 52.9 Å². The number of rotatable bonds is 2. The number of fused-ring (bicyclic) bond motifs is 1. The predicted molar refractivity (Wildman–Crippen MR) is 74.3 cm³/mol. The molecule has 3 saturated heterocycles. The number of hydrogen-bond donors (Lipinski definition) is 0. The van der Waals surface area contributed by atoms with Crippen LogP contribution in [0.25, 0.3) is 0 Å². The Labute approximate surface area is 120 Å². The average Bonchev–Trinajstić information content (AvgIpc) is 2.97. The summed E-state index contributed by atoms with van der Waals surface area (Å²) in [6.45, 7) is 4.23. The van der Waals surface area contributed by atoms with Gasteiger partial charge in [-0.3, -0.25) is 9.69 Å². The molecule has 3 aliphatic rings. The summed E-state index contributed by atoms with van der Waals surface area (Å²) in [4.78, 5) is 16.0. The number of amides is 1. The molecule has 0 saturated carbocycles. The van der Waals surface area contributed by atoms with Crippen molar-refractivity contribution in [1.29, 1.82) is 0 Å². The molecule has 114 valence electrons. The molecule has 8 heteroatoms. The third-order valence-electron chi connectivity index (χ3n) is 4.56. The van der Waals surface area contributed by atoms with Crippen LogP contribution in [0.4, 0.5) is 0 Å². The van der Waals surface area contributed by atoms with E-state index in [2.05, 4.69) is 4.90 Å². The lowest BCUT2D eigenvalue weighted by atomic mass is 10.1. The van der Waals surface area contributed by atoms with E-state index < -0.39 is 10.2 Å². The summed E-state index contributed by atoms with van der Waals surface area (Å²) in [6.07, 6.45) is 1.87. The van der Waals surface area contributed by atoms with Crippen molar-refractivity contribution >= 4 is 16.1 Å². The van der Waals surface area contributed by atoms with Gasteiger partial charge in [-0.2, -0.15) is 17.0 Å². The Morgan fingerprint density at radius 3 is 2.30 bits per heavy atom. The van der Waals surface area contributed by atoms with Crippen molar-refractivity contribution in [3.8, 4) is 0 Å². The van der Waals surface area contributed by atoms with Crippen molar-refractivity contribution in [3.63, 3.8) is 0 Å². The van der Waals surface area contributed by atoms with Gasteiger partial charge in [-0.1, -0.05) is 0 Å². The van der Waals surface area contributed by atoms with E-state index in [0.717, 1.165) is 25.9 Å². The number of carbonyl (C=O) groups is 1. The third-order valence-corrected chi connectivity index (χ3v) is 6.56. The van der Waals surface area contributed by atoms with E-state index in [1.165, 1.54) is 4.31 Å². The molecule has 1 unspecified atom stereocenters. The highest BCUT2D eigenvalue weighted by Crippen LogP contribution is 2.22. The lowest BCUT2D eigenvalue weighted by Gasteiger charge is -2.45. The molecule has 1 atom stereocenters. The highest BCUT2D eigenvalue weighted by Gasteiger charge is 2.42. The van der Waals surface area contributed by atoms with Gasteiger partial charge in [-0.15, -0.1) is 0 Å². The summed E-state index contributed by atoms with van der Waals surface area (Å²) >= 11 is 0. The SMILES string of the molecule is CN1CCN2CCN(S(=O)(=O)N3CCCC3)CC2C1=O. The van der Waals surface area contributed by atoms with Gasteiger partial charge >= 0.3 is 0 Å². The largest absolute Gasteiger partial charge is 0.343 e. The standard InChI is InChI=1S/C12H22N4O3S/c1-13-6-7-14-8-9-16(10-11(14)12(13)17)20(18,19)15-4-2-3-5-15/h11H,2-10H2,1H3. The van der Waals surface area contributed by atoms with Crippen LogP contribution >= 0.6 is 0 Å². The van der Waals surface area contributed by atoms with E-state index in [1.54, 1.807) is 16.3 Å². The molecule has 3 rings (SSSR count). The van der Waals surface area contributed by atoms with E-state index in [1.807, 2.05) is 0 Å². The maximum absolute atomic E-state index is 12.6. The summed E-state index contributed by atoms with van der Waals surface area (Å²) < 4.78 is 28.2. The maximum Gasteiger partial charge on any atom is 0.282 e. The second kappa shape index (κ2) is 5.25. The number of nitrogens with zero attached hydrogens (tertiary/aromatic N) is 4. The first-order valence-electron chi connectivity index (χ1n) is 7.24. The predicted octanol–water partition coefficient (Wildman–Crippen LogP) is -1.21. The van der Waals surface area contributed by atoms with Gasteiger partial charge in [0.15, 0.2) is 0 Å². The lowest BCUT2D eigenvalue weighted by molar-refractivity contribution is -0.142. The third kappa shape index (κ3) is 2.34. The molecule has 7 nitrogen and oxygen atoms in total. The van der Waals surface area contributed by atoms with Gasteiger partial charge in [0.05, 0.1) is 0 Å². The Balaban J connectivity index is 1.75. The zero-order chi connectivity index (χ0) is 14.3. The molecule has 0 aromatic rings. The normalized spacial score (nSPS) is 30.8. The van der Waals surface area contributed by atoms with Crippen LogP contribution in [-0.4, -0.2) is 91.6 Å². The van der Waals surface area contributed by atoms with Gasteiger partial charge < -0.3 is 4.90 Å². The van der Waals surface area contributed by atoms with Crippen LogP contribution in [0.15, 0.2) is 0 Å². The first-order valence-corrected chi connectivity index (χ1v) is 8.64. The Bertz CT molecular complexity index is 489. The second-order valence-corrected chi connectivity index (χ2v) is 7.71. The Morgan fingerprint density at radius 1 is 0.950 bits per heavy atom. The van der Waals surface area contributed by atoms with Gasteiger partial charge in [0.2, 0.25) is 5.91 Å². The molecule has 3 heterocycles. The summed E-state index contributed by atoms with van der Waals surface area (Å²) in [7, 11) is -1.60. The van der Waals surface area contributed by atoms with Crippen LogP contribution in [0.5, 0.6) is 0 Å². The monoisotopic (exact) mass is 302 g/mol. The average molecular weight is 302 g/mol. The van der Waals surface area contributed by atoms with Crippen LogP contribution in [0, 0.1) is 0 Å². The van der Waals surface area contributed by atoms with Crippen molar-refractivity contribution in [2.45, 2.75) is 18.9 Å². The Kier molecular flexibility index (Phi) is 3.74. The van der Waals surface area contributed by atoms with Gasteiger partial charge in [0.1, 0.15) is 6.04 Å². The van der Waals surface area contributed by atoms with E-state index >= 15 is 0 Å². The summed E-state index contributed by atoms with van der Waals surface area (Å²) in [5, 5.41) is 0. The van der Waals surface area contributed by atoms with E-state index in [4.69, 9.17) is 0 Å². The van der Waals surface area contributed by atoms with Crippen LogP contribution in [0.1, 0.15) is 12.8 Å². The van der Waals surface area contributed by atoms with E-state index in [9.17, 15) is 13.2 Å². The first-order chi connectivity index (χ1) is 9.50. The van der Waals surface area contributed by atoms with Crippen molar-refractivity contribution in [2.75, 3.05) is 52.9 Å². The number of carbonyl (C=O) groups excluding carboxylic acids is 1. The molecule has 1 amide bonds. The maximum atomic E-state index is 12.6. The molecular formula is C12H22N4O3S. The highest BCUT2D eigenvalue weighted by molar-refractivity contribution is 7.86. The van der Waals surface area contributed by atoms with Crippen LogP contribution in [0.2, 0.25) is 0 Å². The van der Waals surface area contributed by atoms with Crippen LogP contribution in [-0.2, 0) is 15.0 Å². The Hall–Kier alpha value is -0.700. The van der Waals surface area contributed by atoms with Crippen molar-refractivity contribution < 1.29 is 13.2 Å². The zero-order valence-corrected chi connectivity index (χ0v) is 12.7. The van der Waals surface area contributed by atoms with Crippen molar-refractivity contribution in [1.82, 2.24) is 18.4 Å². The number of hydrogen-bond acceptors (Lipinski definition) is 4. The minimum absolute atomic E-state index is 0.0394. The summed E-state index contributed by atoms with van der Waals surface area (Å²) in [6, 6.07) is -0.306. The van der Waals surface area contributed by atoms with Crippen LogP contribution < -0.4 is 0 Å². The molecule has 3 fully saturated rings. The smallest absolute Gasteiger partial charge is 0.282 e. The second-order valence-electron chi connectivity index (χ2n) is 5.78. The fourth-order valence-electron chi connectivity index (χ4n) is 3.23. The minimum Gasteiger partial charge on any atom is -0.343 e. The van der Waals surface area contributed by atoms with Crippen LogP contribution in [0.3, 0.4) is 0 Å². The van der Waals surface area contributed by atoms with E-state index in [-0.39, 0.29) is 11.9 Å². The summed E-state index contributed by atoms with van der Waals surface area (Å²) in [5.74, 6) is 0.0394.